The minimum atomic E-state index is -0.899. The molecule has 0 amide bonds. The van der Waals surface area contributed by atoms with Crippen LogP contribution in [-0.4, -0.2) is 34.0 Å². The van der Waals surface area contributed by atoms with Gasteiger partial charge in [-0.25, -0.2) is 0 Å². The summed E-state index contributed by atoms with van der Waals surface area (Å²) in [7, 11) is 0. The number of benzene rings is 2. The second-order valence-electron chi connectivity index (χ2n) is 11.2. The number of hydrogen-bond donors (Lipinski definition) is 2. The first kappa shape index (κ1) is 32.9. The molecular formula is C36H40O7. The summed E-state index contributed by atoms with van der Waals surface area (Å²) in [5.41, 5.74) is 3.60. The van der Waals surface area contributed by atoms with Crippen LogP contribution in [-0.2, 0) is 19.1 Å². The van der Waals surface area contributed by atoms with E-state index in [-0.39, 0.29) is 35.5 Å². The minimum absolute atomic E-state index is 0.0385. The molecule has 1 unspecified atom stereocenters. The third kappa shape index (κ3) is 9.99. The largest absolute Gasteiger partial charge is 0.508 e. The molecule has 0 spiro atoms. The molecule has 0 fully saturated rings. The van der Waals surface area contributed by atoms with Crippen molar-refractivity contribution in [3.8, 4) is 17.2 Å². The third-order valence-electron chi connectivity index (χ3n) is 7.05. The van der Waals surface area contributed by atoms with Crippen LogP contribution in [0.25, 0.3) is 12.2 Å². The third-order valence-corrected chi connectivity index (χ3v) is 7.05. The highest BCUT2D eigenvalue weighted by atomic mass is 16.5. The van der Waals surface area contributed by atoms with Crippen LogP contribution in [0.4, 0.5) is 0 Å². The fourth-order valence-corrected chi connectivity index (χ4v) is 4.78. The molecule has 0 aliphatic heterocycles. The maximum absolute atomic E-state index is 13.1. The van der Waals surface area contributed by atoms with Gasteiger partial charge in [0.25, 0.3) is 0 Å². The molecule has 2 N–H and O–H groups in total. The number of aromatic hydroxyl groups is 2. The van der Waals surface area contributed by atoms with Gasteiger partial charge in [-0.05, 0) is 72.2 Å². The smallest absolute Gasteiger partial charge is 0.311 e. The highest BCUT2D eigenvalue weighted by Crippen LogP contribution is 2.41. The Morgan fingerprint density at radius 1 is 0.953 bits per heavy atom. The van der Waals surface area contributed by atoms with E-state index in [4.69, 9.17) is 9.47 Å². The lowest BCUT2D eigenvalue weighted by molar-refractivity contribution is -0.157. The topological polar surface area (TPSA) is 110 Å². The van der Waals surface area contributed by atoms with Crippen molar-refractivity contribution < 1.29 is 34.1 Å². The Labute approximate surface area is 253 Å². The summed E-state index contributed by atoms with van der Waals surface area (Å²) in [6, 6.07) is 11.0. The maximum atomic E-state index is 13.1. The second kappa shape index (κ2) is 15.0. The van der Waals surface area contributed by atoms with Crippen LogP contribution in [0, 0.1) is 5.41 Å². The molecule has 1 atom stereocenters. The van der Waals surface area contributed by atoms with Gasteiger partial charge in [-0.3, -0.25) is 14.4 Å². The molecule has 0 heterocycles. The van der Waals surface area contributed by atoms with Crippen LogP contribution >= 0.6 is 0 Å². The number of rotatable bonds is 11. The lowest BCUT2D eigenvalue weighted by atomic mass is 9.71. The zero-order valence-corrected chi connectivity index (χ0v) is 25.4. The molecule has 0 saturated heterocycles. The Morgan fingerprint density at radius 2 is 1.58 bits per heavy atom. The molecule has 7 nitrogen and oxygen atoms in total. The first-order valence-electron chi connectivity index (χ1n) is 14.4. The van der Waals surface area contributed by atoms with Crippen molar-refractivity contribution in [3.63, 3.8) is 0 Å². The highest BCUT2D eigenvalue weighted by Gasteiger charge is 2.39. The summed E-state index contributed by atoms with van der Waals surface area (Å²) in [5, 5.41) is 19.2. The van der Waals surface area contributed by atoms with Gasteiger partial charge in [0.15, 0.2) is 11.9 Å². The van der Waals surface area contributed by atoms with Crippen LogP contribution in [0.5, 0.6) is 17.2 Å². The zero-order chi connectivity index (χ0) is 31.6. The highest BCUT2D eigenvalue weighted by molar-refractivity contribution is 6.01. The zero-order valence-electron chi connectivity index (χ0n) is 25.4. The Bertz CT molecular complexity index is 1460. The van der Waals surface area contributed by atoms with Gasteiger partial charge in [0.05, 0.1) is 12.8 Å². The number of phenols is 2. The molecule has 226 valence electrons. The van der Waals surface area contributed by atoms with Crippen molar-refractivity contribution in [1.29, 1.82) is 0 Å². The number of allylic oxidation sites excluding steroid dienone is 7. The summed E-state index contributed by atoms with van der Waals surface area (Å²) >= 11 is 0. The molecule has 7 heteroatoms. The van der Waals surface area contributed by atoms with Gasteiger partial charge < -0.3 is 19.7 Å². The number of hydrogen-bond acceptors (Lipinski definition) is 7. The predicted octanol–water partition coefficient (Wildman–Crippen LogP) is 7.65. The molecule has 2 aromatic carbocycles. The molecule has 1 aliphatic rings. The number of carbonyl (C=O) groups excluding carboxylic acids is 3. The Balaban J connectivity index is 1.52. The van der Waals surface area contributed by atoms with E-state index < -0.39 is 18.0 Å². The standard InChI is InChI=1S/C36H40O7/c1-6-7-8-9-24(2)10-17-31-25(3)35(41)32(23-36(31,4)5)43-34(40)19-18-33(39)42-30-15-13-26(14-16-30)11-12-27-20-28(37)22-29(38)21-27/h7-17,20-22,32,37-38H,6,18-19,23H2,1-5H3/b8-7+,12-11+,17-10+,24-9+. The molecule has 43 heavy (non-hydrogen) atoms. The number of ketones is 1. The fourth-order valence-electron chi connectivity index (χ4n) is 4.78. The van der Waals surface area contributed by atoms with Crippen molar-refractivity contribution >= 4 is 29.9 Å². The van der Waals surface area contributed by atoms with E-state index >= 15 is 0 Å². The molecule has 0 radical (unpaired) electrons. The van der Waals surface area contributed by atoms with Crippen LogP contribution in [0.15, 0.2) is 89.6 Å². The number of ether oxygens (including phenoxy) is 2. The first-order valence-corrected chi connectivity index (χ1v) is 14.4. The van der Waals surface area contributed by atoms with E-state index in [9.17, 15) is 24.6 Å². The van der Waals surface area contributed by atoms with E-state index in [1.54, 1.807) is 43.3 Å². The van der Waals surface area contributed by atoms with Gasteiger partial charge >= 0.3 is 11.9 Å². The van der Waals surface area contributed by atoms with E-state index in [2.05, 4.69) is 13.0 Å². The van der Waals surface area contributed by atoms with Crippen LogP contribution in [0.2, 0.25) is 0 Å². The fraction of sp³-hybridized carbons (Fsp3) is 0.306. The van der Waals surface area contributed by atoms with Crippen molar-refractivity contribution in [1.82, 2.24) is 0 Å². The molecule has 0 aromatic heterocycles. The van der Waals surface area contributed by atoms with Crippen molar-refractivity contribution in [2.75, 3.05) is 0 Å². The molecular weight excluding hydrogens is 544 g/mol. The summed E-state index contributed by atoms with van der Waals surface area (Å²) in [6.45, 7) is 9.88. The number of carbonyl (C=O) groups is 3. The summed E-state index contributed by atoms with van der Waals surface area (Å²) in [6.07, 6.45) is 13.6. The van der Waals surface area contributed by atoms with Gasteiger partial charge in [-0.15, -0.1) is 0 Å². The Kier molecular flexibility index (Phi) is 11.5. The van der Waals surface area contributed by atoms with Crippen LogP contribution < -0.4 is 4.74 Å². The molecule has 3 rings (SSSR count). The van der Waals surface area contributed by atoms with E-state index in [1.807, 2.05) is 45.1 Å². The SMILES string of the molecule is CC/C=C/C=C(C)/C=C/C1=C(C)C(=O)C(OC(=O)CCC(=O)Oc2ccc(/C=C/c3cc(O)cc(O)c3)cc2)CC1(C)C. The second-order valence-corrected chi connectivity index (χ2v) is 11.2. The average Bonchev–Trinajstić information content (AvgIpc) is 2.94. The van der Waals surface area contributed by atoms with Crippen LogP contribution in [0.1, 0.15) is 71.4 Å². The maximum Gasteiger partial charge on any atom is 0.311 e. The molecule has 0 bridgehead atoms. The molecule has 0 saturated carbocycles. The van der Waals surface area contributed by atoms with Crippen molar-refractivity contribution in [2.45, 2.75) is 66.4 Å². The quantitative estimate of drug-likeness (QED) is 0.121. The van der Waals surface area contributed by atoms with Gasteiger partial charge in [-0.2, -0.15) is 0 Å². The lowest BCUT2D eigenvalue weighted by Gasteiger charge is -2.36. The van der Waals surface area contributed by atoms with E-state index in [1.165, 1.54) is 18.2 Å². The van der Waals surface area contributed by atoms with Gasteiger partial charge in [0.1, 0.15) is 17.2 Å². The van der Waals surface area contributed by atoms with E-state index in [0.717, 1.165) is 23.1 Å². The Hall–Kier alpha value is -4.65. The first-order chi connectivity index (χ1) is 20.4. The predicted molar refractivity (Wildman–Crippen MR) is 168 cm³/mol. The van der Waals surface area contributed by atoms with Crippen molar-refractivity contribution in [2.24, 2.45) is 5.41 Å². The summed E-state index contributed by atoms with van der Waals surface area (Å²) < 4.78 is 10.9. The van der Waals surface area contributed by atoms with Crippen LogP contribution in [0.3, 0.4) is 0 Å². The monoisotopic (exact) mass is 584 g/mol. The van der Waals surface area contributed by atoms with Crippen molar-refractivity contribution in [3.05, 3.63) is 101 Å². The average molecular weight is 585 g/mol. The minimum Gasteiger partial charge on any atom is -0.508 e. The van der Waals surface area contributed by atoms with Gasteiger partial charge in [0.2, 0.25) is 0 Å². The summed E-state index contributed by atoms with van der Waals surface area (Å²) in [5.74, 6) is -1.20. The number of phenolic OH excluding ortho intramolecular Hbond substituents is 2. The number of Topliss-reactive ketones (excluding diaryl/α,β-unsaturated/α-hetero) is 1. The lowest BCUT2D eigenvalue weighted by Crippen LogP contribution is -2.39. The molecule has 1 aliphatic carbocycles. The van der Waals surface area contributed by atoms with E-state index in [0.29, 0.717) is 23.3 Å². The Morgan fingerprint density at radius 3 is 2.23 bits per heavy atom. The molecule has 2 aromatic rings. The van der Waals surface area contributed by atoms with Gasteiger partial charge in [-0.1, -0.05) is 81.0 Å². The van der Waals surface area contributed by atoms with Gasteiger partial charge in [0, 0.05) is 12.5 Å². The summed E-state index contributed by atoms with van der Waals surface area (Å²) in [4.78, 5) is 38.0. The normalized spacial score (nSPS) is 17.3. The number of esters is 2.